The van der Waals surface area contributed by atoms with Crippen LogP contribution in [-0.2, 0) is 14.8 Å². The average Bonchev–Trinajstić information content (AvgIpc) is 2.38. The second-order valence-electron chi connectivity index (χ2n) is 5.01. The SMILES string of the molecule is CC(CN1CCOCC1)NS(=O)(=O)c1ccc(F)cc1Cl. The molecular weight excluding hydrogens is 319 g/mol. The van der Waals surface area contributed by atoms with Crippen molar-refractivity contribution in [2.45, 2.75) is 17.9 Å². The molecule has 118 valence electrons. The van der Waals surface area contributed by atoms with Crippen molar-refractivity contribution < 1.29 is 17.5 Å². The van der Waals surface area contributed by atoms with Gasteiger partial charge in [0.1, 0.15) is 10.7 Å². The van der Waals surface area contributed by atoms with E-state index in [9.17, 15) is 12.8 Å². The summed E-state index contributed by atoms with van der Waals surface area (Å²) in [6.07, 6.45) is 0. The molecule has 1 aliphatic rings. The van der Waals surface area contributed by atoms with Gasteiger partial charge >= 0.3 is 0 Å². The molecule has 1 saturated heterocycles. The molecule has 1 unspecified atom stereocenters. The second kappa shape index (κ2) is 7.02. The zero-order chi connectivity index (χ0) is 15.5. The molecule has 21 heavy (non-hydrogen) atoms. The zero-order valence-electron chi connectivity index (χ0n) is 11.7. The summed E-state index contributed by atoms with van der Waals surface area (Å²) in [5.41, 5.74) is 0. The van der Waals surface area contributed by atoms with Crippen LogP contribution in [-0.4, -0.2) is 52.2 Å². The van der Waals surface area contributed by atoms with Crippen LogP contribution in [0.1, 0.15) is 6.92 Å². The van der Waals surface area contributed by atoms with Crippen LogP contribution < -0.4 is 4.72 Å². The molecule has 1 aliphatic heterocycles. The Morgan fingerprint density at radius 1 is 1.43 bits per heavy atom. The summed E-state index contributed by atoms with van der Waals surface area (Å²) in [4.78, 5) is 2.02. The van der Waals surface area contributed by atoms with Gasteiger partial charge in [-0.25, -0.2) is 17.5 Å². The quantitative estimate of drug-likeness (QED) is 0.885. The van der Waals surface area contributed by atoms with E-state index in [1.54, 1.807) is 6.92 Å². The minimum Gasteiger partial charge on any atom is -0.379 e. The zero-order valence-corrected chi connectivity index (χ0v) is 13.3. The second-order valence-corrected chi connectivity index (χ2v) is 7.10. The van der Waals surface area contributed by atoms with Crippen molar-refractivity contribution >= 4 is 21.6 Å². The molecule has 1 heterocycles. The van der Waals surface area contributed by atoms with Crippen LogP contribution in [0.4, 0.5) is 4.39 Å². The van der Waals surface area contributed by atoms with Gasteiger partial charge in [-0.3, -0.25) is 4.90 Å². The summed E-state index contributed by atoms with van der Waals surface area (Å²) in [6, 6.07) is 2.95. The van der Waals surface area contributed by atoms with E-state index >= 15 is 0 Å². The predicted molar refractivity (Wildman–Crippen MR) is 78.5 cm³/mol. The molecule has 0 spiro atoms. The van der Waals surface area contributed by atoms with Crippen LogP contribution in [0.25, 0.3) is 0 Å². The van der Waals surface area contributed by atoms with E-state index in [2.05, 4.69) is 9.62 Å². The van der Waals surface area contributed by atoms with E-state index < -0.39 is 15.8 Å². The lowest BCUT2D eigenvalue weighted by Crippen LogP contribution is -2.45. The van der Waals surface area contributed by atoms with Crippen molar-refractivity contribution in [1.82, 2.24) is 9.62 Å². The topological polar surface area (TPSA) is 58.6 Å². The van der Waals surface area contributed by atoms with Crippen LogP contribution in [0.3, 0.4) is 0 Å². The third-order valence-corrected chi connectivity index (χ3v) is 5.25. The molecule has 8 heteroatoms. The number of nitrogens with zero attached hydrogens (tertiary/aromatic N) is 1. The van der Waals surface area contributed by atoms with Gasteiger partial charge in [0, 0.05) is 25.7 Å². The minimum absolute atomic E-state index is 0.112. The number of hydrogen-bond acceptors (Lipinski definition) is 4. The summed E-state index contributed by atoms with van der Waals surface area (Å²) < 4.78 is 45.3. The van der Waals surface area contributed by atoms with Gasteiger partial charge < -0.3 is 4.74 Å². The van der Waals surface area contributed by atoms with Gasteiger partial charge in [-0.2, -0.15) is 0 Å². The van der Waals surface area contributed by atoms with Crippen molar-refractivity contribution in [3.8, 4) is 0 Å². The molecule has 1 aromatic carbocycles. The molecule has 5 nitrogen and oxygen atoms in total. The molecule has 1 atom stereocenters. The molecule has 0 amide bonds. The number of sulfonamides is 1. The fourth-order valence-electron chi connectivity index (χ4n) is 2.23. The number of rotatable bonds is 5. The molecule has 1 N–H and O–H groups in total. The highest BCUT2D eigenvalue weighted by molar-refractivity contribution is 7.89. The Bertz CT molecular complexity index is 591. The Morgan fingerprint density at radius 2 is 2.10 bits per heavy atom. The predicted octanol–water partition coefficient (Wildman–Crippen LogP) is 1.48. The van der Waals surface area contributed by atoms with E-state index in [0.717, 1.165) is 25.2 Å². The summed E-state index contributed by atoms with van der Waals surface area (Å²) >= 11 is 5.80. The van der Waals surface area contributed by atoms with E-state index in [1.165, 1.54) is 6.07 Å². The number of benzene rings is 1. The Balaban J connectivity index is 2.02. The number of hydrogen-bond donors (Lipinski definition) is 1. The molecule has 0 bridgehead atoms. The van der Waals surface area contributed by atoms with Gasteiger partial charge in [0.15, 0.2) is 0 Å². The molecular formula is C13H18ClFN2O3S. The molecule has 0 aliphatic carbocycles. The van der Waals surface area contributed by atoms with E-state index in [0.29, 0.717) is 19.8 Å². The van der Waals surface area contributed by atoms with Gasteiger partial charge in [-0.1, -0.05) is 11.6 Å². The molecule has 2 rings (SSSR count). The van der Waals surface area contributed by atoms with E-state index in [1.807, 2.05) is 0 Å². The van der Waals surface area contributed by atoms with Gasteiger partial charge in [-0.05, 0) is 25.1 Å². The Labute approximate surface area is 129 Å². The number of ether oxygens (including phenoxy) is 1. The van der Waals surface area contributed by atoms with E-state index in [-0.39, 0.29) is 16.0 Å². The summed E-state index contributed by atoms with van der Waals surface area (Å²) in [5.74, 6) is -0.569. The van der Waals surface area contributed by atoms with Crippen molar-refractivity contribution in [2.75, 3.05) is 32.8 Å². The number of halogens is 2. The summed E-state index contributed by atoms with van der Waals surface area (Å²) in [7, 11) is -3.76. The standard InChI is InChI=1S/C13H18ClFN2O3S/c1-10(9-17-4-6-20-7-5-17)16-21(18,19)13-3-2-11(15)8-12(13)14/h2-3,8,10,16H,4-7,9H2,1H3. The molecule has 1 fully saturated rings. The Hall–Kier alpha value is -0.730. The lowest BCUT2D eigenvalue weighted by atomic mass is 10.3. The first-order valence-electron chi connectivity index (χ1n) is 6.66. The number of nitrogens with one attached hydrogen (secondary N) is 1. The van der Waals surface area contributed by atoms with Crippen molar-refractivity contribution in [3.05, 3.63) is 29.0 Å². The monoisotopic (exact) mass is 336 g/mol. The first kappa shape index (κ1) is 16.6. The summed E-state index contributed by atoms with van der Waals surface area (Å²) in [5, 5.41) is -0.124. The smallest absolute Gasteiger partial charge is 0.242 e. The fraction of sp³-hybridized carbons (Fsp3) is 0.538. The fourth-order valence-corrected chi connectivity index (χ4v) is 4.00. The first-order chi connectivity index (χ1) is 9.88. The van der Waals surface area contributed by atoms with Crippen molar-refractivity contribution in [1.29, 1.82) is 0 Å². The molecule has 1 aromatic rings. The van der Waals surface area contributed by atoms with Gasteiger partial charge in [0.25, 0.3) is 0 Å². The molecule has 0 saturated carbocycles. The maximum absolute atomic E-state index is 13.0. The van der Waals surface area contributed by atoms with Crippen molar-refractivity contribution in [2.24, 2.45) is 0 Å². The Morgan fingerprint density at radius 3 is 2.71 bits per heavy atom. The number of morpholine rings is 1. The first-order valence-corrected chi connectivity index (χ1v) is 8.52. The van der Waals surface area contributed by atoms with Crippen LogP contribution >= 0.6 is 11.6 Å². The normalized spacial score (nSPS) is 18.6. The van der Waals surface area contributed by atoms with Crippen molar-refractivity contribution in [3.63, 3.8) is 0 Å². The molecule has 0 radical (unpaired) electrons. The van der Waals surface area contributed by atoms with Crippen LogP contribution in [0.5, 0.6) is 0 Å². The molecule has 0 aromatic heterocycles. The van der Waals surface area contributed by atoms with Crippen LogP contribution in [0, 0.1) is 5.82 Å². The maximum Gasteiger partial charge on any atom is 0.242 e. The Kier molecular flexibility index (Phi) is 5.56. The van der Waals surface area contributed by atoms with Crippen LogP contribution in [0.2, 0.25) is 5.02 Å². The average molecular weight is 337 g/mol. The van der Waals surface area contributed by atoms with Gasteiger partial charge in [0.2, 0.25) is 10.0 Å². The highest BCUT2D eigenvalue weighted by Crippen LogP contribution is 2.22. The third-order valence-electron chi connectivity index (χ3n) is 3.18. The highest BCUT2D eigenvalue weighted by Gasteiger charge is 2.22. The third kappa shape index (κ3) is 4.62. The summed E-state index contributed by atoms with van der Waals surface area (Å²) in [6.45, 7) is 5.24. The lowest BCUT2D eigenvalue weighted by Gasteiger charge is -2.29. The maximum atomic E-state index is 13.0. The van der Waals surface area contributed by atoms with Gasteiger partial charge in [0.05, 0.1) is 18.2 Å². The van der Waals surface area contributed by atoms with Crippen LogP contribution in [0.15, 0.2) is 23.1 Å². The van der Waals surface area contributed by atoms with Gasteiger partial charge in [-0.15, -0.1) is 0 Å². The lowest BCUT2D eigenvalue weighted by molar-refractivity contribution is 0.0354. The largest absolute Gasteiger partial charge is 0.379 e. The minimum atomic E-state index is -3.76. The van der Waals surface area contributed by atoms with E-state index in [4.69, 9.17) is 16.3 Å². The highest BCUT2D eigenvalue weighted by atomic mass is 35.5.